The van der Waals surface area contributed by atoms with Crippen LogP contribution in [0.4, 0.5) is 0 Å². The second-order valence-corrected chi connectivity index (χ2v) is 7.15. The molecule has 21 heavy (non-hydrogen) atoms. The van der Waals surface area contributed by atoms with Crippen molar-refractivity contribution in [2.45, 2.75) is 19.0 Å². The molecule has 0 aromatic heterocycles. The van der Waals surface area contributed by atoms with Gasteiger partial charge in [0.25, 0.3) is 0 Å². The van der Waals surface area contributed by atoms with E-state index < -0.39 is 0 Å². The molecule has 0 saturated heterocycles. The molecular weight excluding hydrogens is 392 g/mol. The summed E-state index contributed by atoms with van der Waals surface area (Å²) in [6, 6.07) is 16.8. The zero-order chi connectivity index (χ0) is 15.2. The predicted octanol–water partition coefficient (Wildman–Crippen LogP) is 4.73. The van der Waals surface area contributed by atoms with Crippen molar-refractivity contribution in [3.05, 3.63) is 68.6 Å². The highest BCUT2D eigenvalue weighted by atomic mass is 79.9. The lowest BCUT2D eigenvalue weighted by Crippen LogP contribution is -2.23. The van der Waals surface area contributed by atoms with Gasteiger partial charge < -0.3 is 10.6 Å². The van der Waals surface area contributed by atoms with Crippen LogP contribution in [-0.4, -0.2) is 18.5 Å². The molecule has 2 rings (SSSR count). The van der Waals surface area contributed by atoms with E-state index in [1.165, 1.54) is 11.1 Å². The number of nitrogens with zero attached hydrogens (tertiary/aromatic N) is 1. The largest absolute Gasteiger partial charge is 0.324 e. The van der Waals surface area contributed by atoms with E-state index in [0.717, 1.165) is 28.5 Å². The summed E-state index contributed by atoms with van der Waals surface area (Å²) in [5.41, 5.74) is 8.77. The molecule has 0 aliphatic carbocycles. The molecule has 0 saturated carbocycles. The topological polar surface area (TPSA) is 29.3 Å². The van der Waals surface area contributed by atoms with Crippen LogP contribution in [0.25, 0.3) is 0 Å². The quantitative estimate of drug-likeness (QED) is 0.744. The summed E-state index contributed by atoms with van der Waals surface area (Å²) < 4.78 is 2.20. The van der Waals surface area contributed by atoms with Crippen LogP contribution in [0, 0.1) is 0 Å². The Labute approximate surface area is 143 Å². The van der Waals surface area contributed by atoms with Crippen molar-refractivity contribution < 1.29 is 0 Å². The lowest BCUT2D eigenvalue weighted by Gasteiger charge is -2.20. The highest BCUT2D eigenvalue weighted by Crippen LogP contribution is 2.19. The van der Waals surface area contributed by atoms with Crippen molar-refractivity contribution in [2.75, 3.05) is 13.6 Å². The van der Waals surface area contributed by atoms with Crippen molar-refractivity contribution >= 4 is 31.9 Å². The molecule has 0 aliphatic heterocycles. The van der Waals surface area contributed by atoms with Crippen molar-refractivity contribution in [1.82, 2.24) is 4.90 Å². The molecule has 2 aromatic rings. The van der Waals surface area contributed by atoms with E-state index in [4.69, 9.17) is 5.73 Å². The standard InChI is InChI=1S/C17H20Br2N2/c1-21(12-13-5-7-15(18)8-6-13)10-9-17(20)14-3-2-4-16(19)11-14/h2-8,11,17H,9-10,12,20H2,1H3. The third-order valence-corrected chi connectivity index (χ3v) is 4.49. The van der Waals surface area contributed by atoms with Gasteiger partial charge in [-0.1, -0.05) is 56.1 Å². The van der Waals surface area contributed by atoms with Gasteiger partial charge >= 0.3 is 0 Å². The third kappa shape index (κ3) is 5.55. The molecule has 112 valence electrons. The number of halogens is 2. The maximum Gasteiger partial charge on any atom is 0.0307 e. The molecule has 0 amide bonds. The van der Waals surface area contributed by atoms with Crippen LogP contribution >= 0.6 is 31.9 Å². The Balaban J connectivity index is 1.83. The average Bonchev–Trinajstić information content (AvgIpc) is 2.47. The predicted molar refractivity (Wildman–Crippen MR) is 96.2 cm³/mol. The maximum absolute atomic E-state index is 6.27. The highest BCUT2D eigenvalue weighted by Gasteiger charge is 2.08. The van der Waals surface area contributed by atoms with Crippen LogP contribution in [0.5, 0.6) is 0 Å². The summed E-state index contributed by atoms with van der Waals surface area (Å²) in [7, 11) is 2.13. The van der Waals surface area contributed by atoms with E-state index in [9.17, 15) is 0 Å². The SMILES string of the molecule is CN(CCC(N)c1cccc(Br)c1)Cc1ccc(Br)cc1. The second kappa shape index (κ2) is 8.08. The molecule has 0 fully saturated rings. The van der Waals surface area contributed by atoms with E-state index in [1.54, 1.807) is 0 Å². The van der Waals surface area contributed by atoms with Gasteiger partial charge in [0.05, 0.1) is 0 Å². The number of hydrogen-bond donors (Lipinski definition) is 1. The highest BCUT2D eigenvalue weighted by molar-refractivity contribution is 9.10. The van der Waals surface area contributed by atoms with Gasteiger partial charge in [-0.15, -0.1) is 0 Å². The van der Waals surface area contributed by atoms with Crippen LogP contribution < -0.4 is 5.73 Å². The lowest BCUT2D eigenvalue weighted by atomic mass is 10.0. The lowest BCUT2D eigenvalue weighted by molar-refractivity contribution is 0.311. The first-order chi connectivity index (χ1) is 10.0. The average molecular weight is 412 g/mol. The minimum absolute atomic E-state index is 0.0786. The molecule has 2 aromatic carbocycles. The molecule has 2 nitrogen and oxygen atoms in total. The van der Waals surface area contributed by atoms with Gasteiger partial charge in [-0.05, 0) is 55.4 Å². The van der Waals surface area contributed by atoms with Gasteiger partial charge in [-0.3, -0.25) is 0 Å². The molecule has 0 heterocycles. The molecule has 0 bridgehead atoms. The molecule has 0 aliphatic rings. The van der Waals surface area contributed by atoms with Crippen LogP contribution in [-0.2, 0) is 6.54 Å². The van der Waals surface area contributed by atoms with Crippen LogP contribution in [0.2, 0.25) is 0 Å². The Kier molecular flexibility index (Phi) is 6.42. The first-order valence-corrected chi connectivity index (χ1v) is 8.57. The summed E-state index contributed by atoms with van der Waals surface area (Å²) >= 11 is 6.95. The number of benzene rings is 2. The molecule has 1 unspecified atom stereocenters. The second-order valence-electron chi connectivity index (χ2n) is 5.31. The van der Waals surface area contributed by atoms with E-state index in [2.05, 4.69) is 80.2 Å². The zero-order valence-electron chi connectivity index (χ0n) is 12.1. The Morgan fingerprint density at radius 1 is 1.05 bits per heavy atom. The third-order valence-electron chi connectivity index (χ3n) is 3.46. The molecule has 4 heteroatoms. The Morgan fingerprint density at radius 2 is 1.76 bits per heavy atom. The van der Waals surface area contributed by atoms with E-state index in [1.807, 2.05) is 12.1 Å². The van der Waals surface area contributed by atoms with E-state index in [0.29, 0.717) is 0 Å². The van der Waals surface area contributed by atoms with Gasteiger partial charge in [0.1, 0.15) is 0 Å². The fourth-order valence-corrected chi connectivity index (χ4v) is 2.93. The monoisotopic (exact) mass is 410 g/mol. The first-order valence-electron chi connectivity index (χ1n) is 6.98. The molecule has 2 N–H and O–H groups in total. The van der Waals surface area contributed by atoms with Gasteiger partial charge in [-0.2, -0.15) is 0 Å². The molecule has 1 atom stereocenters. The normalized spacial score (nSPS) is 12.6. The summed E-state index contributed by atoms with van der Waals surface area (Å²) in [5, 5.41) is 0. The fraction of sp³-hybridized carbons (Fsp3) is 0.294. The van der Waals surface area contributed by atoms with Crippen molar-refractivity contribution in [3.63, 3.8) is 0 Å². The van der Waals surface area contributed by atoms with Crippen molar-refractivity contribution in [3.8, 4) is 0 Å². The molecular formula is C17H20Br2N2. The first kappa shape index (κ1) is 16.7. The Morgan fingerprint density at radius 3 is 2.43 bits per heavy atom. The summed E-state index contributed by atoms with van der Waals surface area (Å²) in [6.45, 7) is 1.92. The van der Waals surface area contributed by atoms with Crippen molar-refractivity contribution in [2.24, 2.45) is 5.73 Å². The van der Waals surface area contributed by atoms with Crippen LogP contribution in [0.15, 0.2) is 57.5 Å². The van der Waals surface area contributed by atoms with Gasteiger partial charge in [0, 0.05) is 21.5 Å². The van der Waals surface area contributed by atoms with Gasteiger partial charge in [0.2, 0.25) is 0 Å². The Hall–Kier alpha value is -0.680. The molecule has 0 spiro atoms. The number of rotatable bonds is 6. The summed E-state index contributed by atoms with van der Waals surface area (Å²) in [4.78, 5) is 2.31. The molecule has 0 radical (unpaired) electrons. The zero-order valence-corrected chi connectivity index (χ0v) is 15.3. The maximum atomic E-state index is 6.27. The smallest absolute Gasteiger partial charge is 0.0307 e. The fourth-order valence-electron chi connectivity index (χ4n) is 2.24. The van der Waals surface area contributed by atoms with Crippen LogP contribution in [0.1, 0.15) is 23.6 Å². The van der Waals surface area contributed by atoms with Gasteiger partial charge in [-0.25, -0.2) is 0 Å². The summed E-state index contributed by atoms with van der Waals surface area (Å²) in [6.07, 6.45) is 0.948. The number of nitrogens with two attached hydrogens (primary N) is 1. The van der Waals surface area contributed by atoms with E-state index in [-0.39, 0.29) is 6.04 Å². The minimum Gasteiger partial charge on any atom is -0.324 e. The van der Waals surface area contributed by atoms with Gasteiger partial charge in [0.15, 0.2) is 0 Å². The Bertz CT molecular complexity index is 569. The van der Waals surface area contributed by atoms with Crippen molar-refractivity contribution in [1.29, 1.82) is 0 Å². The minimum atomic E-state index is 0.0786. The van der Waals surface area contributed by atoms with E-state index >= 15 is 0 Å². The number of hydrogen-bond acceptors (Lipinski definition) is 2. The summed E-state index contributed by atoms with van der Waals surface area (Å²) in [5.74, 6) is 0. The van der Waals surface area contributed by atoms with Crippen LogP contribution in [0.3, 0.4) is 0 Å².